The molecule has 12 atom stereocenters. The normalized spacial score (nSPS) is 21.7. The van der Waals surface area contributed by atoms with Gasteiger partial charge in [0, 0.05) is 6.42 Å². The molecule has 0 aliphatic carbocycles. The summed E-state index contributed by atoms with van der Waals surface area (Å²) in [6.07, 6.45) is 84.8. The minimum absolute atomic E-state index is 0.242. The number of ether oxygens (including phenoxy) is 4. The Morgan fingerprint density at radius 2 is 0.644 bits per heavy atom. The SMILES string of the molecule is CCCCCCC/C=C\C/C=C\C/C=C\CCCCCCCCCCCCCCCCCCCCCCCCC(=O)NC(COC1OC(CO)C(OC2OC(CO)C(O)C(O)C2O)C(O)C1O)C(O)/C=C/CC/C=C/CCCCCCCCCCCCCCCCCCCCCCCCCCCCC. The molecule has 0 aromatic carbocycles. The van der Waals surface area contributed by atoms with E-state index in [-0.39, 0.29) is 18.9 Å². The molecule has 104 heavy (non-hydrogen) atoms. The van der Waals surface area contributed by atoms with Gasteiger partial charge in [-0.05, 0) is 70.6 Å². The summed E-state index contributed by atoms with van der Waals surface area (Å²) >= 11 is 0. The van der Waals surface area contributed by atoms with Gasteiger partial charge in [0.05, 0.1) is 32.0 Å². The van der Waals surface area contributed by atoms with Crippen LogP contribution in [-0.4, -0.2) is 140 Å². The Labute approximate surface area is 638 Å². The summed E-state index contributed by atoms with van der Waals surface area (Å²) in [6, 6.07) is -0.935. The molecule has 2 aliphatic heterocycles. The lowest BCUT2D eigenvalue weighted by molar-refractivity contribution is -0.359. The van der Waals surface area contributed by atoms with Crippen molar-refractivity contribution in [1.29, 1.82) is 0 Å². The molecule has 0 bridgehead atoms. The van der Waals surface area contributed by atoms with E-state index in [1.165, 1.54) is 334 Å². The molecule has 0 radical (unpaired) electrons. The quantitative estimate of drug-likeness (QED) is 0.0204. The highest BCUT2D eigenvalue weighted by Gasteiger charge is 2.51. The summed E-state index contributed by atoms with van der Waals surface area (Å²) in [5.74, 6) is -0.242. The summed E-state index contributed by atoms with van der Waals surface area (Å²) in [5.41, 5.74) is 0. The van der Waals surface area contributed by atoms with Crippen LogP contribution in [0.25, 0.3) is 0 Å². The molecule has 14 heteroatoms. The van der Waals surface area contributed by atoms with Gasteiger partial charge in [-0.25, -0.2) is 0 Å². The van der Waals surface area contributed by atoms with E-state index in [9.17, 15) is 45.6 Å². The fourth-order valence-corrected chi connectivity index (χ4v) is 14.7. The van der Waals surface area contributed by atoms with Gasteiger partial charge >= 0.3 is 0 Å². The molecule has 14 nitrogen and oxygen atoms in total. The number of carbonyl (C=O) groups is 1. The Morgan fingerprint density at radius 1 is 0.346 bits per heavy atom. The first-order chi connectivity index (χ1) is 51.1. The van der Waals surface area contributed by atoms with E-state index in [4.69, 9.17) is 18.9 Å². The summed E-state index contributed by atoms with van der Waals surface area (Å²) in [7, 11) is 0. The predicted octanol–water partition coefficient (Wildman–Crippen LogP) is 21.5. The van der Waals surface area contributed by atoms with Gasteiger partial charge in [0.25, 0.3) is 0 Å². The second kappa shape index (κ2) is 73.5. The first kappa shape index (κ1) is 97.8. The van der Waals surface area contributed by atoms with E-state index in [2.05, 4.69) is 67.8 Å². The smallest absolute Gasteiger partial charge is 0.220 e. The molecule has 610 valence electrons. The Morgan fingerprint density at radius 3 is 1.01 bits per heavy atom. The van der Waals surface area contributed by atoms with Crippen molar-refractivity contribution in [3.8, 4) is 0 Å². The van der Waals surface area contributed by atoms with Crippen molar-refractivity contribution < 1.29 is 64.6 Å². The van der Waals surface area contributed by atoms with Gasteiger partial charge in [0.2, 0.25) is 5.91 Å². The van der Waals surface area contributed by atoms with E-state index in [0.717, 1.165) is 44.9 Å². The Balaban J connectivity index is 1.58. The second-order valence-corrected chi connectivity index (χ2v) is 31.4. The molecule has 2 heterocycles. The van der Waals surface area contributed by atoms with E-state index in [1.54, 1.807) is 6.08 Å². The lowest BCUT2D eigenvalue weighted by Crippen LogP contribution is -2.65. The molecule has 0 spiro atoms. The molecule has 2 rings (SSSR count). The van der Waals surface area contributed by atoms with Crippen LogP contribution in [0.5, 0.6) is 0 Å². The van der Waals surface area contributed by atoms with Crippen molar-refractivity contribution in [2.45, 2.75) is 485 Å². The van der Waals surface area contributed by atoms with Gasteiger partial charge in [-0.3, -0.25) is 4.79 Å². The zero-order chi connectivity index (χ0) is 75.1. The summed E-state index contributed by atoms with van der Waals surface area (Å²) in [6.45, 7) is 2.84. The maximum absolute atomic E-state index is 13.4. The topological polar surface area (TPSA) is 228 Å². The number of aliphatic hydroxyl groups is 8. The number of nitrogens with one attached hydrogen (secondary N) is 1. The van der Waals surface area contributed by atoms with Crippen LogP contribution < -0.4 is 5.32 Å². The molecule has 12 unspecified atom stereocenters. The summed E-state index contributed by atoms with van der Waals surface area (Å²) in [5, 5.41) is 87.8. The molecule has 2 fully saturated rings. The zero-order valence-electron chi connectivity index (χ0n) is 67.3. The minimum atomic E-state index is -1.79. The molecular weight excluding hydrogens is 1300 g/mol. The number of rotatable bonds is 76. The van der Waals surface area contributed by atoms with E-state index < -0.39 is 86.8 Å². The lowest BCUT2D eigenvalue weighted by Gasteiger charge is -2.46. The van der Waals surface area contributed by atoms with Crippen LogP contribution in [0.4, 0.5) is 0 Å². The number of hydrogen-bond acceptors (Lipinski definition) is 13. The van der Waals surface area contributed by atoms with Crippen molar-refractivity contribution in [3.63, 3.8) is 0 Å². The van der Waals surface area contributed by atoms with Crippen LogP contribution in [-0.2, 0) is 23.7 Å². The highest BCUT2D eigenvalue weighted by molar-refractivity contribution is 5.76. The van der Waals surface area contributed by atoms with Gasteiger partial charge in [0.15, 0.2) is 12.6 Å². The van der Waals surface area contributed by atoms with Crippen LogP contribution in [0.3, 0.4) is 0 Å². The van der Waals surface area contributed by atoms with Crippen LogP contribution in [0.1, 0.15) is 412 Å². The van der Waals surface area contributed by atoms with Crippen molar-refractivity contribution in [1.82, 2.24) is 5.32 Å². The van der Waals surface area contributed by atoms with Crippen molar-refractivity contribution in [2.24, 2.45) is 0 Å². The molecule has 9 N–H and O–H groups in total. The van der Waals surface area contributed by atoms with Gasteiger partial charge in [-0.2, -0.15) is 0 Å². The average Bonchev–Trinajstić information content (AvgIpc) is 0.790. The molecule has 0 aromatic heterocycles. The first-order valence-electron chi connectivity index (χ1n) is 44.5. The van der Waals surface area contributed by atoms with Crippen LogP contribution in [0, 0.1) is 0 Å². The standard InChI is InChI=1S/C90H167NO13/c1-3-5-7-9-11-13-15-17-19-21-23-25-27-29-31-33-35-37-38-39-40-42-44-46-48-50-52-54-56-58-60-62-64-66-68-70-72-74-82(95)91-78(77-101-89-87(100)85(98)88(81(76-93)103-89)104-90-86(99)84(97)83(96)80(75-92)102-90)79(94)73-71-69-67-65-63-61-59-57-55-53-51-49-47-45-43-41-36-34-32-30-28-26-24-22-20-18-16-14-12-10-8-6-4-2/h15,17,21,23,27,29,63,65,71,73,78-81,83-90,92-94,96-100H,3-14,16,18-20,22,24-26,28,30-62,64,66-70,72,74-77H2,1-2H3,(H,91,95)/b17-15-,23-21-,29-27-,65-63+,73-71+. The van der Waals surface area contributed by atoms with Gasteiger partial charge < -0.3 is 65.1 Å². The van der Waals surface area contributed by atoms with Gasteiger partial charge in [-0.15, -0.1) is 0 Å². The molecule has 0 saturated carbocycles. The Kier molecular flexibility index (Phi) is 69.1. The number of unbranched alkanes of at least 4 members (excludes halogenated alkanes) is 55. The third-order valence-electron chi connectivity index (χ3n) is 21.7. The van der Waals surface area contributed by atoms with Gasteiger partial charge in [0.1, 0.15) is 48.8 Å². The van der Waals surface area contributed by atoms with Gasteiger partial charge in [-0.1, -0.05) is 396 Å². The number of amides is 1. The molecule has 0 aromatic rings. The molecule has 2 aliphatic rings. The van der Waals surface area contributed by atoms with E-state index in [0.29, 0.717) is 12.8 Å². The second-order valence-electron chi connectivity index (χ2n) is 31.4. The van der Waals surface area contributed by atoms with Crippen molar-refractivity contribution in [2.75, 3.05) is 19.8 Å². The van der Waals surface area contributed by atoms with Crippen LogP contribution in [0.2, 0.25) is 0 Å². The Hall–Kier alpha value is -2.31. The average molecular weight is 1470 g/mol. The number of hydrogen-bond donors (Lipinski definition) is 9. The minimum Gasteiger partial charge on any atom is -0.394 e. The van der Waals surface area contributed by atoms with E-state index >= 15 is 0 Å². The number of allylic oxidation sites excluding steroid dienone is 9. The highest BCUT2D eigenvalue weighted by Crippen LogP contribution is 2.31. The maximum atomic E-state index is 13.4. The molecule has 1 amide bonds. The monoisotopic (exact) mass is 1470 g/mol. The van der Waals surface area contributed by atoms with Crippen LogP contribution >= 0.6 is 0 Å². The summed E-state index contributed by atoms with van der Waals surface area (Å²) in [4.78, 5) is 13.4. The van der Waals surface area contributed by atoms with Crippen LogP contribution in [0.15, 0.2) is 60.8 Å². The van der Waals surface area contributed by atoms with Crippen molar-refractivity contribution in [3.05, 3.63) is 60.8 Å². The molecular formula is C90H167NO13. The fraction of sp³-hybridized carbons (Fsp3) is 0.878. The third kappa shape index (κ3) is 55.1. The Bertz CT molecular complexity index is 1980. The van der Waals surface area contributed by atoms with Crippen molar-refractivity contribution >= 4 is 5.91 Å². The lowest BCUT2D eigenvalue weighted by atomic mass is 9.97. The van der Waals surface area contributed by atoms with E-state index in [1.807, 2.05) is 6.08 Å². The number of carbonyl (C=O) groups excluding carboxylic acids is 1. The predicted molar refractivity (Wildman–Crippen MR) is 434 cm³/mol. The largest absolute Gasteiger partial charge is 0.394 e. The highest BCUT2D eigenvalue weighted by atomic mass is 16.7. The maximum Gasteiger partial charge on any atom is 0.220 e. The number of aliphatic hydroxyl groups excluding tert-OH is 8. The first-order valence-corrected chi connectivity index (χ1v) is 44.5. The molecule has 2 saturated heterocycles. The summed E-state index contributed by atoms with van der Waals surface area (Å²) < 4.78 is 22.9. The third-order valence-corrected chi connectivity index (χ3v) is 21.7. The zero-order valence-corrected chi connectivity index (χ0v) is 67.3. The fourth-order valence-electron chi connectivity index (χ4n) is 14.7.